The van der Waals surface area contributed by atoms with Crippen LogP contribution in [0.15, 0.2) is 48.5 Å². The van der Waals surface area contributed by atoms with E-state index < -0.39 is 5.97 Å². The van der Waals surface area contributed by atoms with Crippen molar-refractivity contribution < 1.29 is 19.4 Å². The number of rotatable bonds is 5. The number of anilines is 1. The third-order valence-electron chi connectivity index (χ3n) is 4.83. The molecule has 0 saturated carbocycles. The minimum atomic E-state index is -1.03. The van der Waals surface area contributed by atoms with Gasteiger partial charge in [-0.1, -0.05) is 41.9 Å². The lowest BCUT2D eigenvalue weighted by Gasteiger charge is -2.25. The summed E-state index contributed by atoms with van der Waals surface area (Å²) in [7, 11) is 0. The standard InChI is InChI=1S/C22H18ClNO4S/c1-2-28-16-6-4-3-5-14(16)15-11-17(25)24-19-18(12-7-9-13(23)10-8-12)21(22(26)27)29-20(15)19/h3-10,15H,2,11H2,1H3,(H,24,25)(H,26,27)/t15-/m0/s1. The fourth-order valence-corrected chi connectivity index (χ4v) is 5.00. The lowest BCUT2D eigenvalue weighted by molar-refractivity contribution is -0.116. The molecule has 148 valence electrons. The summed E-state index contributed by atoms with van der Waals surface area (Å²) in [6, 6.07) is 14.5. The number of carbonyl (C=O) groups is 2. The average molecular weight is 428 g/mol. The lowest BCUT2D eigenvalue weighted by Crippen LogP contribution is -2.22. The number of halogens is 1. The Morgan fingerprint density at radius 2 is 1.97 bits per heavy atom. The molecule has 0 saturated heterocycles. The lowest BCUT2D eigenvalue weighted by atomic mass is 9.88. The van der Waals surface area contributed by atoms with Crippen LogP contribution in [0, 0.1) is 0 Å². The molecular weight excluding hydrogens is 410 g/mol. The van der Waals surface area contributed by atoms with Crippen LogP contribution in [0.1, 0.15) is 39.4 Å². The van der Waals surface area contributed by atoms with Crippen molar-refractivity contribution in [3.05, 3.63) is 68.9 Å². The fraction of sp³-hybridized carbons (Fsp3) is 0.182. The molecule has 7 heteroatoms. The maximum absolute atomic E-state index is 12.6. The van der Waals surface area contributed by atoms with Gasteiger partial charge in [-0.15, -0.1) is 11.3 Å². The molecular formula is C22H18ClNO4S. The van der Waals surface area contributed by atoms with Crippen molar-refractivity contribution in [3.8, 4) is 16.9 Å². The SMILES string of the molecule is CCOc1ccccc1[C@@H]1CC(=O)Nc2c1sc(C(=O)O)c2-c1ccc(Cl)cc1. The zero-order valence-corrected chi connectivity index (χ0v) is 17.1. The first-order chi connectivity index (χ1) is 14.0. The summed E-state index contributed by atoms with van der Waals surface area (Å²) in [5, 5.41) is 13.3. The number of hydrogen-bond donors (Lipinski definition) is 2. The van der Waals surface area contributed by atoms with Crippen LogP contribution in [0.25, 0.3) is 11.1 Å². The second-order valence-corrected chi connectivity index (χ2v) is 8.12. The number of aromatic carboxylic acids is 1. The highest BCUT2D eigenvalue weighted by atomic mass is 35.5. The monoisotopic (exact) mass is 427 g/mol. The summed E-state index contributed by atoms with van der Waals surface area (Å²) in [5.41, 5.74) is 2.65. The topological polar surface area (TPSA) is 75.6 Å². The summed E-state index contributed by atoms with van der Waals surface area (Å²) in [6.45, 7) is 2.41. The normalized spacial score (nSPS) is 15.5. The molecule has 2 aromatic carbocycles. The van der Waals surface area contributed by atoms with Crippen molar-refractivity contribution in [2.45, 2.75) is 19.3 Å². The average Bonchev–Trinajstić information content (AvgIpc) is 3.08. The first-order valence-electron chi connectivity index (χ1n) is 9.17. The zero-order chi connectivity index (χ0) is 20.5. The van der Waals surface area contributed by atoms with Crippen LogP contribution >= 0.6 is 22.9 Å². The van der Waals surface area contributed by atoms with Gasteiger partial charge in [-0.3, -0.25) is 4.79 Å². The molecule has 29 heavy (non-hydrogen) atoms. The Morgan fingerprint density at radius 1 is 1.24 bits per heavy atom. The molecule has 3 aromatic rings. The van der Waals surface area contributed by atoms with Crippen molar-refractivity contribution in [1.29, 1.82) is 0 Å². The van der Waals surface area contributed by atoms with E-state index in [0.29, 0.717) is 34.2 Å². The third kappa shape index (κ3) is 3.61. The molecule has 0 fully saturated rings. The van der Waals surface area contributed by atoms with Gasteiger partial charge in [-0.2, -0.15) is 0 Å². The highest BCUT2D eigenvalue weighted by Gasteiger charge is 2.35. The Labute approximate surface area is 176 Å². The van der Waals surface area contributed by atoms with Gasteiger partial charge in [0.1, 0.15) is 10.6 Å². The largest absolute Gasteiger partial charge is 0.494 e. The fourth-order valence-electron chi connectivity index (χ4n) is 3.64. The summed E-state index contributed by atoms with van der Waals surface area (Å²) < 4.78 is 5.76. The van der Waals surface area contributed by atoms with Crippen molar-refractivity contribution in [3.63, 3.8) is 0 Å². The molecule has 2 heterocycles. The van der Waals surface area contributed by atoms with Crippen LogP contribution in [0.3, 0.4) is 0 Å². The van der Waals surface area contributed by atoms with Crippen LogP contribution < -0.4 is 10.1 Å². The molecule has 0 unspecified atom stereocenters. The molecule has 5 nitrogen and oxygen atoms in total. The van der Waals surface area contributed by atoms with Crippen LogP contribution in [0.5, 0.6) is 5.75 Å². The Morgan fingerprint density at radius 3 is 2.66 bits per heavy atom. The second-order valence-electron chi connectivity index (χ2n) is 6.63. The summed E-state index contributed by atoms with van der Waals surface area (Å²) >= 11 is 7.19. The summed E-state index contributed by atoms with van der Waals surface area (Å²) in [4.78, 5) is 25.6. The van der Waals surface area contributed by atoms with E-state index in [0.717, 1.165) is 10.4 Å². The Balaban J connectivity index is 1.92. The maximum Gasteiger partial charge on any atom is 0.346 e. The number of nitrogens with one attached hydrogen (secondary N) is 1. The molecule has 0 bridgehead atoms. The number of carboxylic acid groups (broad SMARTS) is 1. The number of carboxylic acids is 1. The first kappa shape index (κ1) is 19.5. The van der Waals surface area contributed by atoms with Gasteiger partial charge < -0.3 is 15.2 Å². The molecule has 1 aliphatic rings. The highest BCUT2D eigenvalue weighted by Crippen LogP contribution is 2.50. The van der Waals surface area contributed by atoms with Crippen molar-refractivity contribution in [1.82, 2.24) is 0 Å². The van der Waals surface area contributed by atoms with E-state index in [1.165, 1.54) is 11.3 Å². The van der Waals surface area contributed by atoms with Crippen LogP contribution in [-0.2, 0) is 4.79 Å². The second kappa shape index (κ2) is 7.89. The summed E-state index contributed by atoms with van der Waals surface area (Å²) in [6.07, 6.45) is 0.233. The molecule has 0 aliphatic carbocycles. The highest BCUT2D eigenvalue weighted by molar-refractivity contribution is 7.15. The molecule has 1 amide bonds. The Kier molecular flexibility index (Phi) is 5.30. The number of benzene rings is 2. The Bertz CT molecular complexity index is 1090. The first-order valence-corrected chi connectivity index (χ1v) is 10.4. The van der Waals surface area contributed by atoms with Crippen molar-refractivity contribution in [2.75, 3.05) is 11.9 Å². The van der Waals surface area contributed by atoms with Crippen molar-refractivity contribution in [2.24, 2.45) is 0 Å². The summed E-state index contributed by atoms with van der Waals surface area (Å²) in [5.74, 6) is -0.746. The minimum Gasteiger partial charge on any atom is -0.494 e. The van der Waals surface area contributed by atoms with E-state index in [1.54, 1.807) is 24.3 Å². The number of carbonyl (C=O) groups excluding carboxylic acids is 1. The van der Waals surface area contributed by atoms with Crippen LogP contribution in [-0.4, -0.2) is 23.6 Å². The molecule has 1 aromatic heterocycles. The Hall–Kier alpha value is -2.83. The van der Waals surface area contributed by atoms with E-state index in [2.05, 4.69) is 5.32 Å². The van der Waals surface area contributed by atoms with Gasteiger partial charge in [0.15, 0.2) is 0 Å². The third-order valence-corrected chi connectivity index (χ3v) is 6.37. The predicted molar refractivity (Wildman–Crippen MR) is 114 cm³/mol. The van der Waals surface area contributed by atoms with Gasteiger partial charge in [-0.05, 0) is 30.7 Å². The predicted octanol–water partition coefficient (Wildman–Crippen LogP) is 5.64. The van der Waals surface area contributed by atoms with E-state index in [-0.39, 0.29) is 23.1 Å². The number of hydrogen-bond acceptors (Lipinski definition) is 4. The van der Waals surface area contributed by atoms with E-state index >= 15 is 0 Å². The van der Waals surface area contributed by atoms with E-state index in [1.807, 2.05) is 31.2 Å². The number of fused-ring (bicyclic) bond motifs is 1. The number of para-hydroxylation sites is 1. The molecule has 0 spiro atoms. The van der Waals surface area contributed by atoms with E-state index in [4.69, 9.17) is 16.3 Å². The van der Waals surface area contributed by atoms with Gasteiger partial charge in [0, 0.05) is 33.4 Å². The van der Waals surface area contributed by atoms with E-state index in [9.17, 15) is 14.7 Å². The van der Waals surface area contributed by atoms with Crippen LogP contribution in [0.4, 0.5) is 5.69 Å². The maximum atomic E-state index is 12.6. The molecule has 2 N–H and O–H groups in total. The zero-order valence-electron chi connectivity index (χ0n) is 15.6. The number of ether oxygens (including phenoxy) is 1. The van der Waals surface area contributed by atoms with Crippen LogP contribution in [0.2, 0.25) is 5.02 Å². The van der Waals surface area contributed by atoms with Gasteiger partial charge in [0.05, 0.1) is 12.3 Å². The van der Waals surface area contributed by atoms with Gasteiger partial charge in [0.2, 0.25) is 5.91 Å². The molecule has 4 rings (SSSR count). The molecule has 0 radical (unpaired) electrons. The quantitative estimate of drug-likeness (QED) is 0.552. The van der Waals surface area contributed by atoms with Gasteiger partial charge >= 0.3 is 5.97 Å². The minimum absolute atomic E-state index is 0.154. The molecule has 1 aliphatic heterocycles. The van der Waals surface area contributed by atoms with Gasteiger partial charge in [0.25, 0.3) is 0 Å². The smallest absolute Gasteiger partial charge is 0.346 e. The number of amides is 1. The molecule has 1 atom stereocenters. The van der Waals surface area contributed by atoms with Gasteiger partial charge in [-0.25, -0.2) is 4.79 Å². The number of thiophene rings is 1. The van der Waals surface area contributed by atoms with Crippen molar-refractivity contribution >= 4 is 40.5 Å².